The zero-order valence-electron chi connectivity index (χ0n) is 7.41. The second-order valence-corrected chi connectivity index (χ2v) is 3.19. The molecule has 2 heteroatoms. The van der Waals surface area contributed by atoms with E-state index in [4.69, 9.17) is 0 Å². The number of allylic oxidation sites excluding steroid dienone is 1. The van der Waals surface area contributed by atoms with Gasteiger partial charge in [-0.05, 0) is 18.6 Å². The Kier molecular flexibility index (Phi) is 1.61. The summed E-state index contributed by atoms with van der Waals surface area (Å²) >= 11 is 0. The van der Waals surface area contributed by atoms with Crippen LogP contribution in [0.25, 0.3) is 6.08 Å². The molecule has 1 heterocycles. The number of pyridine rings is 1. The predicted molar refractivity (Wildman–Crippen MR) is 51.3 cm³/mol. The largest absolute Gasteiger partial charge is 0.377 e. The van der Waals surface area contributed by atoms with Gasteiger partial charge in [-0.25, -0.2) is 0 Å². The third-order valence-corrected chi connectivity index (χ3v) is 2.14. The maximum Gasteiger partial charge on any atom is 0.0682 e. The molecule has 0 atom stereocenters. The number of anilines is 1. The molecule has 0 amide bonds. The Morgan fingerprint density at radius 2 is 2.25 bits per heavy atom. The zero-order chi connectivity index (χ0) is 8.55. The normalized spacial score (nSPS) is 13.2. The van der Waals surface area contributed by atoms with E-state index in [2.05, 4.69) is 42.2 Å². The lowest BCUT2D eigenvalue weighted by atomic mass is 10.1. The molecule has 0 saturated heterocycles. The standard InChI is InChI=1S/C10H12N2/c1-12(2)10-6-7-11-9-5-3-4-8(9)10/h3,5-7H,4H2,1-2H3. The van der Waals surface area contributed by atoms with Crippen molar-refractivity contribution in [2.24, 2.45) is 0 Å². The molecule has 1 aromatic rings. The Morgan fingerprint density at radius 1 is 1.42 bits per heavy atom. The van der Waals surface area contributed by atoms with Gasteiger partial charge in [0.2, 0.25) is 0 Å². The molecular weight excluding hydrogens is 148 g/mol. The first-order valence-electron chi connectivity index (χ1n) is 4.11. The summed E-state index contributed by atoms with van der Waals surface area (Å²) in [5, 5.41) is 0. The van der Waals surface area contributed by atoms with Crippen molar-refractivity contribution in [1.29, 1.82) is 0 Å². The third kappa shape index (κ3) is 0.998. The van der Waals surface area contributed by atoms with Crippen LogP contribution in [0.3, 0.4) is 0 Å². The monoisotopic (exact) mass is 160 g/mol. The summed E-state index contributed by atoms with van der Waals surface area (Å²) in [5.41, 5.74) is 3.76. The van der Waals surface area contributed by atoms with Crippen LogP contribution < -0.4 is 4.90 Å². The Hall–Kier alpha value is -1.31. The van der Waals surface area contributed by atoms with Crippen LogP contribution in [-0.4, -0.2) is 19.1 Å². The van der Waals surface area contributed by atoms with E-state index in [9.17, 15) is 0 Å². The van der Waals surface area contributed by atoms with Crippen LogP contribution in [-0.2, 0) is 6.42 Å². The molecule has 1 aromatic heterocycles. The first-order valence-corrected chi connectivity index (χ1v) is 4.11. The Bertz CT molecular complexity index is 327. The van der Waals surface area contributed by atoms with Crippen molar-refractivity contribution in [3.05, 3.63) is 29.6 Å². The minimum atomic E-state index is 1.02. The maximum absolute atomic E-state index is 4.29. The van der Waals surface area contributed by atoms with Crippen molar-refractivity contribution in [2.45, 2.75) is 6.42 Å². The van der Waals surface area contributed by atoms with Crippen molar-refractivity contribution >= 4 is 11.8 Å². The van der Waals surface area contributed by atoms with Gasteiger partial charge in [0.15, 0.2) is 0 Å². The molecule has 2 rings (SSSR count). The van der Waals surface area contributed by atoms with Crippen molar-refractivity contribution in [3.8, 4) is 0 Å². The summed E-state index contributed by atoms with van der Waals surface area (Å²) in [6.07, 6.45) is 7.13. The highest BCUT2D eigenvalue weighted by Gasteiger charge is 2.11. The highest BCUT2D eigenvalue weighted by Crippen LogP contribution is 2.26. The molecule has 0 aliphatic heterocycles. The average molecular weight is 160 g/mol. The molecular formula is C10H12N2. The second-order valence-electron chi connectivity index (χ2n) is 3.19. The van der Waals surface area contributed by atoms with E-state index in [0.29, 0.717) is 0 Å². The first-order chi connectivity index (χ1) is 5.79. The number of rotatable bonds is 1. The van der Waals surface area contributed by atoms with E-state index in [1.165, 1.54) is 11.3 Å². The number of aromatic nitrogens is 1. The number of hydrogen-bond donors (Lipinski definition) is 0. The zero-order valence-corrected chi connectivity index (χ0v) is 7.41. The van der Waals surface area contributed by atoms with Crippen molar-refractivity contribution in [1.82, 2.24) is 4.98 Å². The van der Waals surface area contributed by atoms with Crippen molar-refractivity contribution < 1.29 is 0 Å². The summed E-state index contributed by atoms with van der Waals surface area (Å²) in [7, 11) is 4.13. The Morgan fingerprint density at radius 3 is 3.00 bits per heavy atom. The maximum atomic E-state index is 4.29. The summed E-state index contributed by atoms with van der Waals surface area (Å²) in [6, 6.07) is 2.06. The van der Waals surface area contributed by atoms with E-state index in [1.54, 1.807) is 0 Å². The van der Waals surface area contributed by atoms with Gasteiger partial charge in [-0.1, -0.05) is 6.08 Å². The smallest absolute Gasteiger partial charge is 0.0682 e. The van der Waals surface area contributed by atoms with Gasteiger partial charge in [0.25, 0.3) is 0 Å². The summed E-state index contributed by atoms with van der Waals surface area (Å²) in [6.45, 7) is 0. The minimum absolute atomic E-state index is 1.02. The van der Waals surface area contributed by atoms with Crippen LogP contribution in [0.5, 0.6) is 0 Å². The number of hydrogen-bond acceptors (Lipinski definition) is 2. The molecule has 62 valence electrons. The Labute approximate surface area is 72.5 Å². The highest BCUT2D eigenvalue weighted by molar-refractivity contribution is 5.66. The van der Waals surface area contributed by atoms with E-state index >= 15 is 0 Å². The topological polar surface area (TPSA) is 16.1 Å². The lowest BCUT2D eigenvalue weighted by molar-refractivity contribution is 1.08. The van der Waals surface area contributed by atoms with E-state index in [0.717, 1.165) is 12.1 Å². The lowest BCUT2D eigenvalue weighted by Crippen LogP contribution is -2.11. The third-order valence-electron chi connectivity index (χ3n) is 2.14. The van der Waals surface area contributed by atoms with Crippen LogP contribution in [0, 0.1) is 0 Å². The van der Waals surface area contributed by atoms with E-state index < -0.39 is 0 Å². The molecule has 1 aliphatic rings. The van der Waals surface area contributed by atoms with Crippen molar-refractivity contribution in [2.75, 3.05) is 19.0 Å². The van der Waals surface area contributed by atoms with Gasteiger partial charge < -0.3 is 4.90 Å². The van der Waals surface area contributed by atoms with Gasteiger partial charge in [0.05, 0.1) is 5.69 Å². The van der Waals surface area contributed by atoms with Crippen LogP contribution in [0.15, 0.2) is 18.3 Å². The summed E-state index contributed by atoms with van der Waals surface area (Å²) in [5.74, 6) is 0. The molecule has 0 N–H and O–H groups in total. The Balaban J connectivity index is 2.53. The van der Waals surface area contributed by atoms with Crippen LogP contribution in [0.1, 0.15) is 11.3 Å². The predicted octanol–water partition coefficient (Wildman–Crippen LogP) is 1.72. The summed E-state index contributed by atoms with van der Waals surface area (Å²) in [4.78, 5) is 6.42. The van der Waals surface area contributed by atoms with Crippen LogP contribution in [0.4, 0.5) is 5.69 Å². The molecule has 0 spiro atoms. The number of nitrogens with zero attached hydrogens (tertiary/aromatic N) is 2. The van der Waals surface area contributed by atoms with Gasteiger partial charge in [0, 0.05) is 31.5 Å². The van der Waals surface area contributed by atoms with Gasteiger partial charge >= 0.3 is 0 Å². The SMILES string of the molecule is CN(C)c1ccnc2c1CC=C2. The van der Waals surface area contributed by atoms with Crippen molar-refractivity contribution in [3.63, 3.8) is 0 Å². The lowest BCUT2D eigenvalue weighted by Gasteiger charge is -2.15. The second kappa shape index (κ2) is 2.63. The molecule has 0 unspecified atom stereocenters. The summed E-state index contributed by atoms with van der Waals surface area (Å²) < 4.78 is 0. The van der Waals surface area contributed by atoms with E-state index in [1.807, 2.05) is 6.20 Å². The first kappa shape index (κ1) is 7.35. The van der Waals surface area contributed by atoms with Gasteiger partial charge in [-0.2, -0.15) is 0 Å². The van der Waals surface area contributed by atoms with E-state index in [-0.39, 0.29) is 0 Å². The molecule has 0 bridgehead atoms. The molecule has 0 aromatic carbocycles. The molecule has 12 heavy (non-hydrogen) atoms. The molecule has 1 aliphatic carbocycles. The fraction of sp³-hybridized carbons (Fsp3) is 0.300. The fourth-order valence-corrected chi connectivity index (χ4v) is 1.56. The minimum Gasteiger partial charge on any atom is -0.377 e. The fourth-order valence-electron chi connectivity index (χ4n) is 1.56. The average Bonchev–Trinajstić information content (AvgIpc) is 2.49. The quantitative estimate of drug-likeness (QED) is 0.621. The number of fused-ring (bicyclic) bond motifs is 1. The van der Waals surface area contributed by atoms with Crippen LogP contribution in [0.2, 0.25) is 0 Å². The highest BCUT2D eigenvalue weighted by atomic mass is 15.1. The van der Waals surface area contributed by atoms with Crippen LogP contribution >= 0.6 is 0 Å². The molecule has 0 saturated carbocycles. The molecule has 0 radical (unpaired) electrons. The van der Waals surface area contributed by atoms with Gasteiger partial charge in [-0.3, -0.25) is 4.98 Å². The molecule has 0 fully saturated rings. The van der Waals surface area contributed by atoms with Gasteiger partial charge in [-0.15, -0.1) is 0 Å². The van der Waals surface area contributed by atoms with Gasteiger partial charge in [0.1, 0.15) is 0 Å². The molecule has 2 nitrogen and oxygen atoms in total.